The van der Waals surface area contributed by atoms with Crippen LogP contribution in [0.25, 0.3) is 11.7 Å². The van der Waals surface area contributed by atoms with E-state index in [1.807, 2.05) is 13.0 Å². The van der Waals surface area contributed by atoms with E-state index in [9.17, 15) is 19.2 Å². The van der Waals surface area contributed by atoms with E-state index < -0.39 is 17.3 Å². The topological polar surface area (TPSA) is 106 Å². The van der Waals surface area contributed by atoms with E-state index in [-0.39, 0.29) is 22.8 Å². The summed E-state index contributed by atoms with van der Waals surface area (Å²) in [5.41, 5.74) is 0.510. The van der Waals surface area contributed by atoms with Gasteiger partial charge in [-0.25, -0.2) is 4.39 Å². The first-order valence-corrected chi connectivity index (χ1v) is 11.0. The van der Waals surface area contributed by atoms with E-state index in [2.05, 4.69) is 10.3 Å². The highest BCUT2D eigenvalue weighted by Gasteiger charge is 2.18. The number of fused-ring (bicyclic) bond motifs is 1. The molecule has 0 bridgehead atoms. The maximum atomic E-state index is 13.4. The quantitative estimate of drug-likeness (QED) is 0.296. The van der Waals surface area contributed by atoms with Crippen LogP contribution in [0.5, 0.6) is 17.4 Å². The zero-order chi connectivity index (χ0) is 25.7. The first kappa shape index (κ1) is 24.2. The molecule has 0 atom stereocenters. The Bertz CT molecular complexity index is 1550. The Hall–Kier alpha value is -4.97. The summed E-state index contributed by atoms with van der Waals surface area (Å²) in [6.07, 6.45) is 2.66. The molecule has 2 heterocycles. The van der Waals surface area contributed by atoms with Gasteiger partial charge in [0.2, 0.25) is 5.88 Å². The van der Waals surface area contributed by atoms with Crippen molar-refractivity contribution in [1.29, 1.82) is 5.26 Å². The molecule has 9 heteroatoms. The highest BCUT2D eigenvalue weighted by atomic mass is 19.1. The second-order valence-corrected chi connectivity index (χ2v) is 7.66. The first-order valence-electron chi connectivity index (χ1n) is 11.0. The minimum absolute atomic E-state index is 0.110. The summed E-state index contributed by atoms with van der Waals surface area (Å²) in [4.78, 5) is 30.7. The second kappa shape index (κ2) is 10.5. The lowest BCUT2D eigenvalue weighted by molar-refractivity contribution is -0.112. The van der Waals surface area contributed by atoms with Crippen molar-refractivity contribution in [2.75, 3.05) is 11.9 Å². The molecule has 36 heavy (non-hydrogen) atoms. The zero-order valence-electron chi connectivity index (χ0n) is 19.5. The summed E-state index contributed by atoms with van der Waals surface area (Å²) in [6.45, 7) is 4.15. The van der Waals surface area contributed by atoms with E-state index in [1.54, 1.807) is 43.3 Å². The van der Waals surface area contributed by atoms with Crippen molar-refractivity contribution in [2.24, 2.45) is 0 Å². The lowest BCUT2D eigenvalue weighted by Crippen LogP contribution is -2.20. The lowest BCUT2D eigenvalue weighted by atomic mass is 10.1. The van der Waals surface area contributed by atoms with E-state index in [4.69, 9.17) is 9.47 Å². The number of carbonyl (C=O) groups excluding carboxylic acids is 1. The molecule has 1 amide bonds. The maximum Gasteiger partial charge on any atom is 0.269 e. The fourth-order valence-electron chi connectivity index (χ4n) is 3.40. The summed E-state index contributed by atoms with van der Waals surface area (Å²) in [7, 11) is 0. The Morgan fingerprint density at radius 2 is 1.83 bits per heavy atom. The molecule has 180 valence electrons. The van der Waals surface area contributed by atoms with Crippen molar-refractivity contribution in [3.05, 3.63) is 99.7 Å². The molecule has 0 unspecified atom stereocenters. The van der Waals surface area contributed by atoms with Crippen LogP contribution >= 0.6 is 0 Å². The molecule has 1 N–H and O–H groups in total. The fraction of sp³-hybridized carbons (Fsp3) is 0.111. The number of hydrogen-bond acceptors (Lipinski definition) is 6. The van der Waals surface area contributed by atoms with Crippen molar-refractivity contribution < 1.29 is 18.7 Å². The molecule has 4 rings (SSSR count). The Balaban J connectivity index is 1.76. The molecule has 0 aliphatic heterocycles. The number of rotatable bonds is 7. The van der Waals surface area contributed by atoms with Crippen LogP contribution in [0, 0.1) is 24.1 Å². The van der Waals surface area contributed by atoms with Gasteiger partial charge in [0, 0.05) is 11.9 Å². The summed E-state index contributed by atoms with van der Waals surface area (Å²) in [5, 5.41) is 12.3. The molecular formula is C27H21FN4O4. The fourth-order valence-corrected chi connectivity index (χ4v) is 3.40. The molecular weight excluding hydrogens is 463 g/mol. The number of nitrogens with one attached hydrogen (secondary N) is 1. The van der Waals surface area contributed by atoms with Crippen LogP contribution in [0.15, 0.2) is 77.2 Å². The van der Waals surface area contributed by atoms with Gasteiger partial charge in [0.05, 0.1) is 6.61 Å². The van der Waals surface area contributed by atoms with Crippen molar-refractivity contribution in [3.63, 3.8) is 0 Å². The van der Waals surface area contributed by atoms with E-state index in [0.717, 1.165) is 6.08 Å². The van der Waals surface area contributed by atoms with E-state index in [0.29, 0.717) is 29.3 Å². The number of nitrogens with zero attached hydrogens (tertiary/aromatic N) is 3. The Morgan fingerprint density at radius 1 is 1.14 bits per heavy atom. The molecule has 0 saturated carbocycles. The van der Waals surface area contributed by atoms with Gasteiger partial charge in [0.25, 0.3) is 11.5 Å². The minimum Gasteiger partial charge on any atom is -0.494 e. The van der Waals surface area contributed by atoms with Crippen LogP contribution < -0.4 is 20.3 Å². The molecule has 8 nitrogen and oxygen atoms in total. The average molecular weight is 484 g/mol. The number of anilines is 1. The molecule has 0 saturated heterocycles. The molecule has 0 aliphatic carbocycles. The number of hydrogen-bond donors (Lipinski definition) is 1. The van der Waals surface area contributed by atoms with Gasteiger partial charge in [0.1, 0.15) is 40.2 Å². The third-order valence-electron chi connectivity index (χ3n) is 5.15. The first-order chi connectivity index (χ1) is 17.4. The number of aryl methyl sites for hydroxylation is 1. The summed E-state index contributed by atoms with van der Waals surface area (Å²) < 4.78 is 25.8. The lowest BCUT2D eigenvalue weighted by Gasteiger charge is -2.11. The van der Waals surface area contributed by atoms with Crippen molar-refractivity contribution in [1.82, 2.24) is 9.38 Å². The Morgan fingerprint density at radius 3 is 2.50 bits per heavy atom. The predicted molar refractivity (Wildman–Crippen MR) is 133 cm³/mol. The number of carbonyl (C=O) groups is 1. The minimum atomic E-state index is -0.719. The normalized spacial score (nSPS) is 11.1. The number of amides is 1. The number of halogens is 1. The number of pyridine rings is 1. The van der Waals surface area contributed by atoms with E-state index in [1.165, 1.54) is 34.9 Å². The third-order valence-corrected chi connectivity index (χ3v) is 5.15. The Kier molecular flexibility index (Phi) is 7.07. The van der Waals surface area contributed by atoms with Gasteiger partial charge < -0.3 is 14.8 Å². The van der Waals surface area contributed by atoms with Crippen LogP contribution in [-0.4, -0.2) is 21.9 Å². The van der Waals surface area contributed by atoms with Gasteiger partial charge in [-0.1, -0.05) is 6.07 Å². The molecule has 0 fully saturated rings. The zero-order valence-corrected chi connectivity index (χ0v) is 19.5. The van der Waals surface area contributed by atoms with Crippen LogP contribution in [0.3, 0.4) is 0 Å². The number of ether oxygens (including phenoxy) is 2. The number of aromatic nitrogens is 2. The van der Waals surface area contributed by atoms with Crippen molar-refractivity contribution >= 4 is 23.3 Å². The van der Waals surface area contributed by atoms with Crippen LogP contribution in [0.1, 0.15) is 18.1 Å². The predicted octanol–water partition coefficient (Wildman–Crippen LogP) is 4.88. The van der Waals surface area contributed by atoms with Gasteiger partial charge in [0.15, 0.2) is 0 Å². The SMILES string of the molecule is CCOc1ccc(NC(=O)/C(C#N)=C/c2c(Oc3ccc(F)cc3)nc3c(C)cccn3c2=O)cc1. The number of benzene rings is 2. The van der Waals surface area contributed by atoms with Gasteiger partial charge in [-0.15, -0.1) is 0 Å². The van der Waals surface area contributed by atoms with Crippen LogP contribution in [0.2, 0.25) is 0 Å². The standard InChI is InChI=1S/C27H21FN4O4/c1-3-35-21-12-8-20(9-13-21)30-25(33)18(16-29)15-23-26(36-22-10-6-19(28)7-11-22)31-24-17(2)5-4-14-32(24)27(23)34/h4-15H,3H2,1-2H3,(H,30,33)/b18-15+. The molecule has 2 aromatic carbocycles. The average Bonchev–Trinajstić information content (AvgIpc) is 2.87. The van der Waals surface area contributed by atoms with Crippen LogP contribution in [0.4, 0.5) is 10.1 Å². The van der Waals surface area contributed by atoms with Crippen molar-refractivity contribution in [3.8, 4) is 23.4 Å². The van der Waals surface area contributed by atoms with Gasteiger partial charge >= 0.3 is 0 Å². The van der Waals surface area contributed by atoms with Crippen molar-refractivity contribution in [2.45, 2.75) is 13.8 Å². The Labute approximate surface area is 205 Å². The van der Waals surface area contributed by atoms with Crippen LogP contribution in [-0.2, 0) is 4.79 Å². The maximum absolute atomic E-state index is 13.4. The van der Waals surface area contributed by atoms with Gasteiger partial charge in [-0.2, -0.15) is 10.2 Å². The largest absolute Gasteiger partial charge is 0.494 e. The molecule has 0 radical (unpaired) electrons. The molecule has 4 aromatic rings. The van der Waals surface area contributed by atoms with Gasteiger partial charge in [-0.05, 0) is 80.1 Å². The molecule has 0 aliphatic rings. The smallest absolute Gasteiger partial charge is 0.269 e. The monoisotopic (exact) mass is 484 g/mol. The second-order valence-electron chi connectivity index (χ2n) is 7.66. The summed E-state index contributed by atoms with van der Waals surface area (Å²) in [6, 6.07) is 17.1. The van der Waals surface area contributed by atoms with Gasteiger partial charge in [-0.3, -0.25) is 14.0 Å². The van der Waals surface area contributed by atoms with E-state index >= 15 is 0 Å². The molecule has 0 spiro atoms. The highest BCUT2D eigenvalue weighted by Crippen LogP contribution is 2.25. The highest BCUT2D eigenvalue weighted by molar-refractivity contribution is 6.09. The third kappa shape index (κ3) is 5.23. The summed E-state index contributed by atoms with van der Waals surface area (Å²) >= 11 is 0. The molecule has 2 aromatic heterocycles. The summed E-state index contributed by atoms with van der Waals surface area (Å²) in [5.74, 6) is -0.429. The number of nitriles is 1.